The third-order valence-corrected chi connectivity index (χ3v) is 3.49. The second kappa shape index (κ2) is 5.24. The molecule has 0 bridgehead atoms. The zero-order chi connectivity index (χ0) is 14.9. The lowest BCUT2D eigenvalue weighted by Gasteiger charge is -2.19. The van der Waals surface area contributed by atoms with Crippen molar-refractivity contribution in [3.05, 3.63) is 60.1 Å². The lowest BCUT2D eigenvalue weighted by molar-refractivity contribution is 0.567. The van der Waals surface area contributed by atoms with Gasteiger partial charge in [-0.1, -0.05) is 45.1 Å². The van der Waals surface area contributed by atoms with E-state index >= 15 is 0 Å². The Morgan fingerprint density at radius 2 is 1.90 bits per heavy atom. The minimum atomic E-state index is -0.0200. The first kappa shape index (κ1) is 13.7. The highest BCUT2D eigenvalue weighted by Crippen LogP contribution is 2.28. The fourth-order valence-electron chi connectivity index (χ4n) is 2.24. The van der Waals surface area contributed by atoms with Gasteiger partial charge < -0.3 is 0 Å². The van der Waals surface area contributed by atoms with Gasteiger partial charge in [0.1, 0.15) is 5.69 Å². The molecule has 0 saturated carbocycles. The van der Waals surface area contributed by atoms with Crippen LogP contribution in [0.2, 0.25) is 0 Å². The first-order valence-corrected chi connectivity index (χ1v) is 7.21. The maximum absolute atomic E-state index is 4.73. The van der Waals surface area contributed by atoms with E-state index in [0.29, 0.717) is 5.82 Å². The highest BCUT2D eigenvalue weighted by Gasteiger charge is 2.20. The molecule has 0 N–H and O–H groups in total. The second-order valence-corrected chi connectivity index (χ2v) is 6.25. The van der Waals surface area contributed by atoms with Gasteiger partial charge in [0.05, 0.1) is 11.4 Å². The Morgan fingerprint density at radius 1 is 1.05 bits per heavy atom. The molecule has 0 saturated heterocycles. The summed E-state index contributed by atoms with van der Waals surface area (Å²) in [7, 11) is 0. The van der Waals surface area contributed by atoms with E-state index in [1.807, 2.05) is 18.2 Å². The lowest BCUT2D eigenvalue weighted by Crippen LogP contribution is -2.15. The minimum absolute atomic E-state index is 0.0200. The average Bonchev–Trinajstić information content (AvgIpc) is 3.01. The van der Waals surface area contributed by atoms with Gasteiger partial charge >= 0.3 is 0 Å². The third-order valence-electron chi connectivity index (χ3n) is 3.49. The fourth-order valence-corrected chi connectivity index (χ4v) is 2.24. The summed E-state index contributed by atoms with van der Waals surface area (Å²) in [6.45, 7) is 6.51. The number of pyridine rings is 1. The molecule has 3 rings (SSSR count). The van der Waals surface area contributed by atoms with Gasteiger partial charge in [0, 0.05) is 11.6 Å². The molecule has 0 unspecified atom stereocenters. The molecule has 0 amide bonds. The van der Waals surface area contributed by atoms with Gasteiger partial charge in [-0.3, -0.25) is 4.98 Å². The van der Waals surface area contributed by atoms with Crippen molar-refractivity contribution in [1.82, 2.24) is 15.0 Å². The molecule has 1 aliphatic carbocycles. The molecule has 2 heterocycles. The van der Waals surface area contributed by atoms with Crippen molar-refractivity contribution < 1.29 is 0 Å². The SMILES string of the molecule is CC(C)(C)c1cc(C2=CC=CC2)nc(-c2ccccn2)n1. The Hall–Kier alpha value is -2.29. The molecule has 0 atom stereocenters. The van der Waals surface area contributed by atoms with E-state index in [9.17, 15) is 0 Å². The van der Waals surface area contributed by atoms with Crippen LogP contribution in [0.25, 0.3) is 17.1 Å². The monoisotopic (exact) mass is 277 g/mol. The Labute approximate surface area is 125 Å². The summed E-state index contributed by atoms with van der Waals surface area (Å²) in [5.74, 6) is 0.700. The first-order valence-electron chi connectivity index (χ1n) is 7.21. The van der Waals surface area contributed by atoms with Gasteiger partial charge in [0.2, 0.25) is 0 Å². The van der Waals surface area contributed by atoms with Crippen molar-refractivity contribution in [2.45, 2.75) is 32.6 Å². The maximum atomic E-state index is 4.73. The molecule has 3 nitrogen and oxygen atoms in total. The zero-order valence-electron chi connectivity index (χ0n) is 12.7. The standard InChI is InChI=1S/C18H19N3/c1-18(2,3)16-12-15(13-8-4-5-9-13)20-17(21-16)14-10-6-7-11-19-14/h4-8,10-12H,9H2,1-3H3. The van der Waals surface area contributed by atoms with Gasteiger partial charge in [0.15, 0.2) is 5.82 Å². The second-order valence-electron chi connectivity index (χ2n) is 6.25. The quantitative estimate of drug-likeness (QED) is 0.826. The van der Waals surface area contributed by atoms with E-state index in [2.05, 4.69) is 50.0 Å². The van der Waals surface area contributed by atoms with Crippen LogP contribution >= 0.6 is 0 Å². The molecular weight excluding hydrogens is 258 g/mol. The third kappa shape index (κ3) is 2.92. The van der Waals surface area contributed by atoms with E-state index in [4.69, 9.17) is 9.97 Å². The Kier molecular flexibility index (Phi) is 3.42. The van der Waals surface area contributed by atoms with Gasteiger partial charge in [0.25, 0.3) is 0 Å². The lowest BCUT2D eigenvalue weighted by atomic mass is 9.90. The van der Waals surface area contributed by atoms with Gasteiger partial charge in [-0.05, 0) is 30.2 Å². The fraction of sp³-hybridized carbons (Fsp3) is 0.278. The summed E-state index contributed by atoms with van der Waals surface area (Å²) in [4.78, 5) is 13.8. The number of aromatic nitrogens is 3. The highest BCUT2D eigenvalue weighted by atomic mass is 14.9. The summed E-state index contributed by atoms with van der Waals surface area (Å²) in [6, 6.07) is 7.92. The minimum Gasteiger partial charge on any atom is -0.253 e. The van der Waals surface area contributed by atoms with Gasteiger partial charge in [-0.15, -0.1) is 0 Å². The molecule has 0 fully saturated rings. The predicted molar refractivity (Wildman–Crippen MR) is 85.7 cm³/mol. The van der Waals surface area contributed by atoms with E-state index < -0.39 is 0 Å². The zero-order valence-corrected chi connectivity index (χ0v) is 12.7. The number of hydrogen-bond donors (Lipinski definition) is 0. The predicted octanol–water partition coefficient (Wildman–Crippen LogP) is 4.18. The summed E-state index contributed by atoms with van der Waals surface area (Å²) >= 11 is 0. The summed E-state index contributed by atoms with van der Waals surface area (Å²) in [6.07, 6.45) is 9.06. The van der Waals surface area contributed by atoms with Crippen molar-refractivity contribution in [2.24, 2.45) is 0 Å². The molecule has 2 aromatic heterocycles. The molecule has 21 heavy (non-hydrogen) atoms. The number of hydrogen-bond acceptors (Lipinski definition) is 3. The molecular formula is C18H19N3. The van der Waals surface area contributed by atoms with Gasteiger partial charge in [-0.2, -0.15) is 0 Å². The van der Waals surface area contributed by atoms with Crippen LogP contribution in [0.15, 0.2) is 48.7 Å². The average molecular weight is 277 g/mol. The number of nitrogens with zero attached hydrogens (tertiary/aromatic N) is 3. The van der Waals surface area contributed by atoms with Crippen LogP contribution in [0.4, 0.5) is 0 Å². The summed E-state index contributed by atoms with van der Waals surface area (Å²) in [5.41, 5.74) is 4.08. The molecule has 0 aromatic carbocycles. The summed E-state index contributed by atoms with van der Waals surface area (Å²) < 4.78 is 0. The van der Waals surface area contributed by atoms with Crippen LogP contribution in [0, 0.1) is 0 Å². The van der Waals surface area contributed by atoms with Crippen LogP contribution < -0.4 is 0 Å². The highest BCUT2D eigenvalue weighted by molar-refractivity contribution is 5.70. The first-order chi connectivity index (χ1) is 10.0. The maximum Gasteiger partial charge on any atom is 0.178 e. The largest absolute Gasteiger partial charge is 0.253 e. The molecule has 1 aliphatic rings. The van der Waals surface area contributed by atoms with Crippen LogP contribution in [0.1, 0.15) is 38.6 Å². The normalized spacial score (nSPS) is 14.3. The molecule has 0 spiro atoms. The van der Waals surface area contributed by atoms with Crippen molar-refractivity contribution in [1.29, 1.82) is 0 Å². The van der Waals surface area contributed by atoms with E-state index in [-0.39, 0.29) is 5.41 Å². The molecule has 106 valence electrons. The van der Waals surface area contributed by atoms with Crippen LogP contribution in [-0.2, 0) is 5.41 Å². The Balaban J connectivity index is 2.14. The van der Waals surface area contributed by atoms with Crippen LogP contribution in [0.5, 0.6) is 0 Å². The molecule has 3 heteroatoms. The number of allylic oxidation sites excluding steroid dienone is 4. The van der Waals surface area contributed by atoms with Crippen molar-refractivity contribution in [3.8, 4) is 11.5 Å². The van der Waals surface area contributed by atoms with Crippen molar-refractivity contribution in [2.75, 3.05) is 0 Å². The Morgan fingerprint density at radius 3 is 2.52 bits per heavy atom. The van der Waals surface area contributed by atoms with E-state index in [0.717, 1.165) is 23.5 Å². The van der Waals surface area contributed by atoms with Crippen LogP contribution in [-0.4, -0.2) is 15.0 Å². The van der Waals surface area contributed by atoms with Gasteiger partial charge in [-0.25, -0.2) is 9.97 Å². The molecule has 0 radical (unpaired) electrons. The summed E-state index contributed by atoms with van der Waals surface area (Å²) in [5, 5.41) is 0. The van der Waals surface area contributed by atoms with Crippen molar-refractivity contribution >= 4 is 5.57 Å². The van der Waals surface area contributed by atoms with E-state index in [1.54, 1.807) is 6.20 Å². The Bertz CT molecular complexity index is 707. The smallest absolute Gasteiger partial charge is 0.178 e. The number of rotatable bonds is 2. The van der Waals surface area contributed by atoms with Crippen LogP contribution in [0.3, 0.4) is 0 Å². The topological polar surface area (TPSA) is 38.7 Å². The molecule has 2 aromatic rings. The molecule has 0 aliphatic heterocycles. The van der Waals surface area contributed by atoms with Crippen molar-refractivity contribution in [3.63, 3.8) is 0 Å². The van der Waals surface area contributed by atoms with E-state index in [1.165, 1.54) is 5.57 Å².